The lowest BCUT2D eigenvalue weighted by atomic mass is 9.77. The minimum Gasteiger partial charge on any atom is -0.497 e. The molecule has 0 bridgehead atoms. The molecule has 5 atom stereocenters. The number of hydrogen-bond donors (Lipinski definition) is 2. The lowest BCUT2D eigenvalue weighted by Crippen LogP contribution is -2.56. The number of hydrogen-bond acceptors (Lipinski definition) is 10. The molecule has 0 amide bonds. The molecular weight excluding hydrogens is 506 g/mol. The Balaban J connectivity index is 1.53. The monoisotopic (exact) mass is 545 g/mol. The number of carbonyl (C=O) groups excluding carboxylic acids is 2. The predicted octanol–water partition coefficient (Wildman–Crippen LogP) is 2.44. The summed E-state index contributed by atoms with van der Waals surface area (Å²) in [5.74, 6) is -0.412. The maximum atomic E-state index is 13.8. The summed E-state index contributed by atoms with van der Waals surface area (Å²) in [4.78, 5) is 28.5. The molecule has 0 aromatic heterocycles. The SMILES string of the molecule is COC(=O)[C@@H](O)[C@](O)(CCCC(C)C)C(=O)O[C@@H]1C(OC)=C[C@@]23CCCN2CCc2cc4c(cc2[C@H]13)OCO4. The highest BCUT2D eigenvalue weighted by Gasteiger charge is 2.59. The Labute approximate surface area is 228 Å². The lowest BCUT2D eigenvalue weighted by Gasteiger charge is -2.40. The van der Waals surface area contributed by atoms with Crippen molar-refractivity contribution < 1.29 is 43.5 Å². The molecule has 10 heteroatoms. The van der Waals surface area contributed by atoms with Crippen LogP contribution in [-0.4, -0.2) is 84.5 Å². The molecule has 1 aliphatic carbocycles. The van der Waals surface area contributed by atoms with Gasteiger partial charge in [0.2, 0.25) is 6.79 Å². The topological polar surface area (TPSA) is 124 Å². The first-order chi connectivity index (χ1) is 18.6. The van der Waals surface area contributed by atoms with E-state index in [4.69, 9.17) is 18.9 Å². The zero-order valence-electron chi connectivity index (χ0n) is 23.1. The van der Waals surface area contributed by atoms with Gasteiger partial charge < -0.3 is 33.9 Å². The fourth-order valence-electron chi connectivity index (χ4n) is 6.75. The molecule has 39 heavy (non-hydrogen) atoms. The van der Waals surface area contributed by atoms with Gasteiger partial charge in [-0.05, 0) is 73.9 Å². The van der Waals surface area contributed by atoms with Crippen LogP contribution in [0.5, 0.6) is 11.5 Å². The van der Waals surface area contributed by atoms with Gasteiger partial charge in [-0.25, -0.2) is 9.59 Å². The third kappa shape index (κ3) is 4.66. The molecule has 1 saturated heterocycles. The Hall–Kier alpha value is -2.82. The second-order valence-electron chi connectivity index (χ2n) is 11.4. The van der Waals surface area contributed by atoms with Crippen molar-refractivity contribution in [2.45, 2.75) is 81.6 Å². The Morgan fingerprint density at radius 3 is 2.64 bits per heavy atom. The van der Waals surface area contributed by atoms with Crippen molar-refractivity contribution in [1.29, 1.82) is 0 Å². The summed E-state index contributed by atoms with van der Waals surface area (Å²) in [5, 5.41) is 22.3. The molecule has 1 aromatic rings. The van der Waals surface area contributed by atoms with Crippen molar-refractivity contribution >= 4 is 11.9 Å². The van der Waals surface area contributed by atoms with Gasteiger partial charge in [0.1, 0.15) is 5.76 Å². The first kappa shape index (κ1) is 27.7. The molecule has 1 spiro atoms. The van der Waals surface area contributed by atoms with Gasteiger partial charge in [-0.1, -0.05) is 20.3 Å². The minimum atomic E-state index is -2.48. The van der Waals surface area contributed by atoms with E-state index in [9.17, 15) is 19.8 Å². The van der Waals surface area contributed by atoms with Crippen molar-refractivity contribution in [2.24, 2.45) is 5.92 Å². The highest BCUT2D eigenvalue weighted by atomic mass is 16.7. The summed E-state index contributed by atoms with van der Waals surface area (Å²) >= 11 is 0. The van der Waals surface area contributed by atoms with E-state index < -0.39 is 35.3 Å². The molecular formula is C29H39NO9. The summed E-state index contributed by atoms with van der Waals surface area (Å²) in [7, 11) is 2.63. The van der Waals surface area contributed by atoms with Gasteiger partial charge in [0.25, 0.3) is 0 Å². The molecule has 4 aliphatic rings. The number of esters is 2. The quantitative estimate of drug-likeness (QED) is 0.447. The second-order valence-corrected chi connectivity index (χ2v) is 11.4. The van der Waals surface area contributed by atoms with E-state index in [1.165, 1.54) is 7.11 Å². The molecule has 2 N–H and O–H groups in total. The van der Waals surface area contributed by atoms with Crippen LogP contribution in [-0.2, 0) is 30.2 Å². The number of methoxy groups -OCH3 is 2. The highest BCUT2D eigenvalue weighted by Crippen LogP contribution is 2.55. The molecule has 0 radical (unpaired) electrons. The Morgan fingerprint density at radius 1 is 1.21 bits per heavy atom. The number of carbonyl (C=O) groups is 2. The highest BCUT2D eigenvalue weighted by molar-refractivity contribution is 5.89. The summed E-state index contributed by atoms with van der Waals surface area (Å²) in [5.41, 5.74) is -0.881. The molecule has 3 aliphatic heterocycles. The van der Waals surface area contributed by atoms with Crippen molar-refractivity contribution in [1.82, 2.24) is 4.90 Å². The fourth-order valence-corrected chi connectivity index (χ4v) is 6.75. The molecule has 0 unspecified atom stereocenters. The van der Waals surface area contributed by atoms with E-state index in [1.807, 2.05) is 26.0 Å². The minimum absolute atomic E-state index is 0.148. The molecule has 214 valence electrons. The molecule has 5 rings (SSSR count). The maximum Gasteiger partial charge on any atom is 0.342 e. The number of fused-ring (bicyclic) bond motifs is 3. The van der Waals surface area contributed by atoms with E-state index in [0.29, 0.717) is 36.0 Å². The van der Waals surface area contributed by atoms with Gasteiger partial charge in [0, 0.05) is 6.54 Å². The van der Waals surface area contributed by atoms with Crippen LogP contribution >= 0.6 is 0 Å². The van der Waals surface area contributed by atoms with Gasteiger partial charge >= 0.3 is 11.9 Å². The Bertz CT molecular complexity index is 1150. The van der Waals surface area contributed by atoms with Crippen molar-refractivity contribution in [3.63, 3.8) is 0 Å². The Kier molecular flexibility index (Phi) is 7.56. The number of benzene rings is 1. The molecule has 10 nitrogen and oxygen atoms in total. The first-order valence-electron chi connectivity index (χ1n) is 13.8. The van der Waals surface area contributed by atoms with Crippen molar-refractivity contribution in [3.8, 4) is 11.5 Å². The van der Waals surface area contributed by atoms with E-state index >= 15 is 0 Å². The normalized spacial score (nSPS) is 27.5. The van der Waals surface area contributed by atoms with Crippen LogP contribution in [0.1, 0.15) is 63.0 Å². The number of aliphatic hydroxyl groups excluding tert-OH is 1. The van der Waals surface area contributed by atoms with Crippen LogP contribution in [0.4, 0.5) is 0 Å². The van der Waals surface area contributed by atoms with Gasteiger partial charge in [-0.15, -0.1) is 0 Å². The zero-order valence-corrected chi connectivity index (χ0v) is 23.1. The number of rotatable bonds is 9. The Morgan fingerprint density at radius 2 is 1.95 bits per heavy atom. The van der Waals surface area contributed by atoms with Gasteiger partial charge in [-0.3, -0.25) is 4.90 Å². The zero-order chi connectivity index (χ0) is 27.9. The van der Waals surface area contributed by atoms with E-state index in [0.717, 1.165) is 50.6 Å². The second kappa shape index (κ2) is 10.6. The summed E-state index contributed by atoms with van der Waals surface area (Å²) in [6.07, 6.45) is 2.63. The van der Waals surface area contributed by atoms with Crippen LogP contribution in [0.15, 0.2) is 24.0 Å². The number of nitrogens with zero attached hydrogens (tertiary/aromatic N) is 1. The third-order valence-electron chi connectivity index (χ3n) is 8.77. The standard InChI is InChI=1S/C29H39NO9/c1-17(2)7-5-10-29(34,25(31)26(32)36-4)27(33)39-24-22(35-3)15-28-9-6-11-30(28)12-8-18-13-20-21(38-16-37-20)14-19(18)23(24)28/h13-15,17,23-25,31,34H,5-12,16H2,1-4H3/t23-,24-,25-,28-,29-/m1/s1. The summed E-state index contributed by atoms with van der Waals surface area (Å²) in [6, 6.07) is 3.97. The average molecular weight is 546 g/mol. The summed E-state index contributed by atoms with van der Waals surface area (Å²) in [6.45, 7) is 5.90. The maximum absolute atomic E-state index is 13.8. The van der Waals surface area contributed by atoms with Crippen LogP contribution in [0.2, 0.25) is 0 Å². The van der Waals surface area contributed by atoms with Crippen LogP contribution < -0.4 is 9.47 Å². The third-order valence-corrected chi connectivity index (χ3v) is 8.77. The van der Waals surface area contributed by atoms with E-state index in [1.54, 1.807) is 0 Å². The fraction of sp³-hybridized carbons (Fsp3) is 0.655. The molecule has 3 heterocycles. The number of ether oxygens (including phenoxy) is 5. The largest absolute Gasteiger partial charge is 0.497 e. The summed E-state index contributed by atoms with van der Waals surface area (Å²) < 4.78 is 27.9. The van der Waals surface area contributed by atoms with Gasteiger partial charge in [-0.2, -0.15) is 0 Å². The van der Waals surface area contributed by atoms with E-state index in [-0.39, 0.29) is 19.1 Å². The van der Waals surface area contributed by atoms with Crippen LogP contribution in [0, 0.1) is 5.92 Å². The smallest absolute Gasteiger partial charge is 0.342 e. The van der Waals surface area contributed by atoms with Crippen LogP contribution in [0.25, 0.3) is 0 Å². The first-order valence-corrected chi connectivity index (χ1v) is 13.8. The van der Waals surface area contributed by atoms with Gasteiger partial charge in [0.05, 0.1) is 25.7 Å². The predicted molar refractivity (Wildman–Crippen MR) is 139 cm³/mol. The van der Waals surface area contributed by atoms with E-state index in [2.05, 4.69) is 15.7 Å². The number of aliphatic hydroxyl groups is 2. The van der Waals surface area contributed by atoms with Crippen LogP contribution in [0.3, 0.4) is 0 Å². The molecule has 1 aromatic carbocycles. The lowest BCUT2D eigenvalue weighted by molar-refractivity contribution is -0.195. The molecule has 0 saturated carbocycles. The van der Waals surface area contributed by atoms with Crippen molar-refractivity contribution in [3.05, 3.63) is 35.1 Å². The average Bonchev–Trinajstić information content (AvgIpc) is 3.60. The molecule has 1 fully saturated rings. The van der Waals surface area contributed by atoms with Crippen molar-refractivity contribution in [2.75, 3.05) is 34.1 Å². The van der Waals surface area contributed by atoms with Gasteiger partial charge in [0.15, 0.2) is 29.3 Å².